The minimum Gasteiger partial charge on any atom is -0.342 e. The van der Waals surface area contributed by atoms with Crippen molar-refractivity contribution in [3.8, 4) is 5.69 Å². The molecule has 1 aromatic carbocycles. The molecule has 0 unspecified atom stereocenters. The van der Waals surface area contributed by atoms with Gasteiger partial charge in [0.15, 0.2) is 5.16 Å². The smallest absolute Gasteiger partial charge is 0.272 e. The number of nitrogens with zero attached hydrogens (tertiary/aromatic N) is 4. The lowest BCUT2D eigenvalue weighted by atomic mass is 9.99. The number of amides is 1. The molecule has 1 fully saturated rings. The number of rotatable bonds is 5. The Kier molecular flexibility index (Phi) is 6.14. The molecular weight excluding hydrogens is 424 g/mol. The number of non-ortho nitro benzene ring substituents is 1. The summed E-state index contributed by atoms with van der Waals surface area (Å²) in [6.45, 7) is 3.74. The van der Waals surface area contributed by atoms with Gasteiger partial charge in [0.05, 0.1) is 27.0 Å². The number of nitro groups is 1. The van der Waals surface area contributed by atoms with Crippen LogP contribution >= 0.6 is 23.5 Å². The molecule has 3 heterocycles. The maximum atomic E-state index is 13.1. The summed E-state index contributed by atoms with van der Waals surface area (Å²) in [5.41, 5.74) is 1.05. The predicted octanol–water partition coefficient (Wildman–Crippen LogP) is 3.14. The molecule has 10 heteroatoms. The van der Waals surface area contributed by atoms with Crippen LogP contribution in [0.25, 0.3) is 5.69 Å². The number of piperidine rings is 1. The third-order valence-corrected chi connectivity index (χ3v) is 7.48. The van der Waals surface area contributed by atoms with Gasteiger partial charge in [0.25, 0.3) is 11.2 Å². The van der Waals surface area contributed by atoms with Crippen molar-refractivity contribution in [2.24, 2.45) is 5.92 Å². The average Bonchev–Trinajstić information content (AvgIpc) is 3.22. The summed E-state index contributed by atoms with van der Waals surface area (Å²) in [7, 11) is 0. The Bertz CT molecular complexity index is 1030. The van der Waals surface area contributed by atoms with E-state index in [0.29, 0.717) is 21.7 Å². The van der Waals surface area contributed by atoms with Crippen molar-refractivity contribution < 1.29 is 9.72 Å². The average molecular weight is 447 g/mol. The molecular formula is C20H22N4O4S2. The van der Waals surface area contributed by atoms with Gasteiger partial charge in [-0.1, -0.05) is 18.7 Å². The van der Waals surface area contributed by atoms with Gasteiger partial charge < -0.3 is 4.90 Å². The fourth-order valence-corrected chi connectivity index (χ4v) is 5.57. The van der Waals surface area contributed by atoms with Crippen molar-refractivity contribution in [3.63, 3.8) is 0 Å². The summed E-state index contributed by atoms with van der Waals surface area (Å²) in [6.07, 6.45) is 2.75. The number of nitro benzene ring substituents is 1. The number of aromatic nitrogens is 2. The molecule has 2 aliphatic heterocycles. The second-order valence-corrected chi connectivity index (χ2v) is 9.58. The molecule has 0 spiro atoms. The number of aryl methyl sites for hydroxylation is 1. The van der Waals surface area contributed by atoms with Crippen molar-refractivity contribution >= 4 is 35.1 Å². The van der Waals surface area contributed by atoms with E-state index in [1.807, 2.05) is 4.90 Å². The van der Waals surface area contributed by atoms with Gasteiger partial charge in [0, 0.05) is 37.4 Å². The highest BCUT2D eigenvalue weighted by molar-refractivity contribution is 8.00. The second-order valence-electron chi connectivity index (χ2n) is 7.53. The third kappa shape index (κ3) is 4.24. The van der Waals surface area contributed by atoms with Gasteiger partial charge in [-0.3, -0.25) is 24.3 Å². The molecule has 0 N–H and O–H groups in total. The highest BCUT2D eigenvalue weighted by Crippen LogP contribution is 2.30. The van der Waals surface area contributed by atoms with Crippen LogP contribution in [-0.4, -0.2) is 49.9 Å². The molecule has 4 rings (SSSR count). The Morgan fingerprint density at radius 3 is 2.67 bits per heavy atom. The van der Waals surface area contributed by atoms with Crippen LogP contribution in [0.2, 0.25) is 0 Å². The van der Waals surface area contributed by atoms with Crippen molar-refractivity contribution in [1.29, 1.82) is 0 Å². The molecule has 2 aliphatic rings. The highest BCUT2D eigenvalue weighted by Gasteiger charge is 2.25. The van der Waals surface area contributed by atoms with Crippen molar-refractivity contribution in [2.75, 3.05) is 24.6 Å². The molecule has 8 nitrogen and oxygen atoms in total. The number of carbonyl (C=O) groups is 1. The van der Waals surface area contributed by atoms with Crippen LogP contribution in [-0.2, 0) is 11.2 Å². The quantitative estimate of drug-likeness (QED) is 0.301. The lowest BCUT2D eigenvalue weighted by molar-refractivity contribution is -0.384. The van der Waals surface area contributed by atoms with Gasteiger partial charge in [-0.15, -0.1) is 11.8 Å². The second kappa shape index (κ2) is 8.81. The summed E-state index contributed by atoms with van der Waals surface area (Å²) in [4.78, 5) is 43.5. The van der Waals surface area contributed by atoms with Crippen LogP contribution < -0.4 is 5.56 Å². The first-order valence-corrected chi connectivity index (χ1v) is 11.9. The van der Waals surface area contributed by atoms with Crippen LogP contribution in [0.4, 0.5) is 5.69 Å². The number of likely N-dealkylation sites (tertiary alicyclic amines) is 1. The number of fused-ring (bicyclic) bond motifs is 1. The van der Waals surface area contributed by atoms with Gasteiger partial charge in [-0.2, -0.15) is 0 Å². The topological polar surface area (TPSA) is 98.3 Å². The normalized spacial score (nSPS) is 16.5. The molecule has 0 bridgehead atoms. The summed E-state index contributed by atoms with van der Waals surface area (Å²) < 4.78 is 1.47. The van der Waals surface area contributed by atoms with Crippen LogP contribution in [0.5, 0.6) is 0 Å². The first-order chi connectivity index (χ1) is 14.4. The first kappa shape index (κ1) is 20.9. The van der Waals surface area contributed by atoms with Crippen LogP contribution in [0.1, 0.15) is 25.5 Å². The van der Waals surface area contributed by atoms with E-state index in [-0.39, 0.29) is 22.9 Å². The van der Waals surface area contributed by atoms with Crippen LogP contribution in [0.15, 0.2) is 39.1 Å². The van der Waals surface area contributed by atoms with Crippen LogP contribution in [0, 0.1) is 16.0 Å². The minimum atomic E-state index is -0.475. The molecule has 0 aliphatic carbocycles. The molecule has 2 aromatic rings. The van der Waals surface area contributed by atoms with E-state index in [0.717, 1.165) is 43.8 Å². The minimum absolute atomic E-state index is 0.0426. The van der Waals surface area contributed by atoms with E-state index in [9.17, 15) is 19.7 Å². The van der Waals surface area contributed by atoms with Gasteiger partial charge >= 0.3 is 0 Å². The van der Waals surface area contributed by atoms with Crippen molar-refractivity contribution in [2.45, 2.75) is 36.2 Å². The van der Waals surface area contributed by atoms with Gasteiger partial charge in [0.1, 0.15) is 0 Å². The van der Waals surface area contributed by atoms with Gasteiger partial charge in [-0.05, 0) is 30.9 Å². The predicted molar refractivity (Wildman–Crippen MR) is 117 cm³/mol. The molecule has 0 radical (unpaired) electrons. The number of hydrogen-bond donors (Lipinski definition) is 0. The SMILES string of the molecule is CC1CCN(C(=O)CSc2nc3c(c(=O)n2-c2ccc([N+](=O)[O-])cc2)SCC3)CC1. The zero-order valence-corrected chi connectivity index (χ0v) is 18.2. The Hall–Kier alpha value is -2.33. The van der Waals surface area contributed by atoms with Gasteiger partial charge in [0.2, 0.25) is 5.91 Å². The Balaban J connectivity index is 1.62. The highest BCUT2D eigenvalue weighted by atomic mass is 32.2. The largest absolute Gasteiger partial charge is 0.342 e. The number of hydrogen-bond acceptors (Lipinski definition) is 7. The summed E-state index contributed by atoms with van der Waals surface area (Å²) >= 11 is 2.73. The van der Waals surface area contributed by atoms with E-state index >= 15 is 0 Å². The van der Waals surface area contributed by atoms with E-state index in [1.54, 1.807) is 12.1 Å². The van der Waals surface area contributed by atoms with Crippen LogP contribution in [0.3, 0.4) is 0 Å². The summed E-state index contributed by atoms with van der Waals surface area (Å²) in [5.74, 6) is 1.70. The Morgan fingerprint density at radius 1 is 1.30 bits per heavy atom. The van der Waals surface area contributed by atoms with E-state index in [2.05, 4.69) is 11.9 Å². The number of carbonyl (C=O) groups excluding carboxylic acids is 1. The summed E-state index contributed by atoms with van der Waals surface area (Å²) in [5, 5.41) is 11.4. The molecule has 1 aromatic heterocycles. The first-order valence-electron chi connectivity index (χ1n) is 9.88. The zero-order chi connectivity index (χ0) is 21.3. The van der Waals surface area contributed by atoms with E-state index < -0.39 is 4.92 Å². The zero-order valence-electron chi connectivity index (χ0n) is 16.6. The Morgan fingerprint density at radius 2 is 2.00 bits per heavy atom. The molecule has 30 heavy (non-hydrogen) atoms. The van der Waals surface area contributed by atoms with Crippen molar-refractivity contribution in [1.82, 2.24) is 14.5 Å². The molecule has 158 valence electrons. The van der Waals surface area contributed by atoms with E-state index in [4.69, 9.17) is 0 Å². The lowest BCUT2D eigenvalue weighted by Crippen LogP contribution is -2.39. The summed E-state index contributed by atoms with van der Waals surface area (Å²) in [6, 6.07) is 5.84. The third-order valence-electron chi connectivity index (χ3n) is 5.45. The van der Waals surface area contributed by atoms with E-state index in [1.165, 1.54) is 40.2 Å². The maximum Gasteiger partial charge on any atom is 0.272 e. The fraction of sp³-hybridized carbons (Fsp3) is 0.450. The monoisotopic (exact) mass is 446 g/mol. The van der Waals surface area contributed by atoms with Crippen molar-refractivity contribution in [3.05, 3.63) is 50.4 Å². The standard InChI is InChI=1S/C20H22N4O4S2/c1-13-6-9-22(10-7-13)17(25)12-30-20-21-16-8-11-29-18(16)19(26)23(20)14-2-4-15(5-3-14)24(27)28/h2-5,13H,6-12H2,1H3. The maximum absolute atomic E-state index is 13.1. The molecule has 1 saturated heterocycles. The lowest BCUT2D eigenvalue weighted by Gasteiger charge is -2.30. The number of benzene rings is 1. The molecule has 0 saturated carbocycles. The Labute approximate surface area is 182 Å². The fourth-order valence-electron chi connectivity index (χ4n) is 3.62. The molecule has 1 amide bonds. The molecule has 0 atom stereocenters. The van der Waals surface area contributed by atoms with Gasteiger partial charge in [-0.25, -0.2) is 4.98 Å². The number of thioether (sulfide) groups is 2.